The van der Waals surface area contributed by atoms with Crippen molar-refractivity contribution in [3.05, 3.63) is 33.4 Å². The van der Waals surface area contributed by atoms with Crippen molar-refractivity contribution in [1.29, 1.82) is 0 Å². The van der Waals surface area contributed by atoms with Crippen molar-refractivity contribution in [3.8, 4) is 0 Å². The fourth-order valence-corrected chi connectivity index (χ4v) is 3.54. The van der Waals surface area contributed by atoms with Crippen LogP contribution >= 0.6 is 22.6 Å². The first-order chi connectivity index (χ1) is 9.87. The number of benzene rings is 1. The number of nitrogens with zero attached hydrogens (tertiary/aromatic N) is 1. The molecular formula is C13H18IN3O3S. The van der Waals surface area contributed by atoms with E-state index in [0.29, 0.717) is 18.7 Å². The lowest BCUT2D eigenvalue weighted by Crippen LogP contribution is -2.44. The third-order valence-corrected chi connectivity index (χ3v) is 4.99. The molecule has 1 aromatic rings. The summed E-state index contributed by atoms with van der Waals surface area (Å²) >= 11 is 2.15. The number of halogens is 1. The van der Waals surface area contributed by atoms with Crippen LogP contribution in [0.4, 0.5) is 0 Å². The van der Waals surface area contributed by atoms with Crippen LogP contribution < -0.4 is 9.86 Å². The molecule has 1 aliphatic heterocycles. The van der Waals surface area contributed by atoms with E-state index < -0.39 is 10.2 Å². The normalized spacial score (nSPS) is 19.5. The summed E-state index contributed by atoms with van der Waals surface area (Å²) in [7, 11) is -3.67. The minimum Gasteiger partial charge on any atom is -0.338 e. The lowest BCUT2D eigenvalue weighted by atomic mass is 9.97. The summed E-state index contributed by atoms with van der Waals surface area (Å²) in [4.78, 5) is 14.3. The van der Waals surface area contributed by atoms with E-state index >= 15 is 0 Å². The van der Waals surface area contributed by atoms with E-state index in [1.165, 1.54) is 0 Å². The van der Waals surface area contributed by atoms with Crippen LogP contribution in [0.2, 0.25) is 0 Å². The van der Waals surface area contributed by atoms with E-state index in [9.17, 15) is 13.2 Å². The minimum absolute atomic E-state index is 0.000283. The van der Waals surface area contributed by atoms with Crippen molar-refractivity contribution < 1.29 is 13.2 Å². The quantitative estimate of drug-likeness (QED) is 0.707. The zero-order valence-corrected chi connectivity index (χ0v) is 14.4. The Kier molecular flexibility index (Phi) is 5.58. The highest BCUT2D eigenvalue weighted by molar-refractivity contribution is 14.1. The molecule has 0 saturated carbocycles. The van der Waals surface area contributed by atoms with Crippen molar-refractivity contribution in [1.82, 2.24) is 9.62 Å². The summed E-state index contributed by atoms with van der Waals surface area (Å²) < 4.78 is 25.1. The second-order valence-electron chi connectivity index (χ2n) is 5.13. The average molecular weight is 423 g/mol. The van der Waals surface area contributed by atoms with Crippen molar-refractivity contribution in [3.63, 3.8) is 0 Å². The van der Waals surface area contributed by atoms with Gasteiger partial charge in [0.25, 0.3) is 16.1 Å². The summed E-state index contributed by atoms with van der Waals surface area (Å²) in [5.74, 6) is 0.0997. The average Bonchev–Trinajstić information content (AvgIpc) is 2.44. The molecule has 1 aromatic carbocycles. The van der Waals surface area contributed by atoms with Crippen molar-refractivity contribution in [2.75, 3.05) is 19.6 Å². The molecule has 0 bridgehead atoms. The van der Waals surface area contributed by atoms with Gasteiger partial charge in [-0.15, -0.1) is 0 Å². The molecule has 1 fully saturated rings. The third-order valence-electron chi connectivity index (χ3n) is 3.48. The lowest BCUT2D eigenvalue weighted by Gasteiger charge is -2.33. The molecular weight excluding hydrogens is 405 g/mol. The first kappa shape index (κ1) is 16.7. The molecule has 116 valence electrons. The predicted octanol–water partition coefficient (Wildman–Crippen LogP) is 0.937. The van der Waals surface area contributed by atoms with Gasteiger partial charge >= 0.3 is 0 Å². The Morgan fingerprint density at radius 3 is 2.81 bits per heavy atom. The van der Waals surface area contributed by atoms with E-state index in [1.54, 1.807) is 4.90 Å². The number of likely N-dealkylation sites (tertiary alicyclic amines) is 1. The molecule has 3 N–H and O–H groups in total. The van der Waals surface area contributed by atoms with E-state index in [4.69, 9.17) is 5.14 Å². The molecule has 1 amide bonds. The van der Waals surface area contributed by atoms with Crippen LogP contribution in [0.3, 0.4) is 0 Å². The number of nitrogens with two attached hydrogens (primary N) is 1. The first-order valence-corrected chi connectivity index (χ1v) is 9.30. The van der Waals surface area contributed by atoms with Gasteiger partial charge in [0.2, 0.25) is 0 Å². The standard InChI is InChI=1S/C13H18IN3O3S/c14-12-6-2-1-5-11(12)13(18)17-7-3-4-10(9-17)8-16-21(15,19)20/h1-2,5-6,10,16H,3-4,7-9H2,(H2,15,19,20). The van der Waals surface area contributed by atoms with Crippen molar-refractivity contribution in [2.45, 2.75) is 12.8 Å². The van der Waals surface area contributed by atoms with Crippen molar-refractivity contribution in [2.24, 2.45) is 11.1 Å². The smallest absolute Gasteiger partial charge is 0.274 e. The Labute approximate surface area is 138 Å². The topological polar surface area (TPSA) is 92.5 Å². The van der Waals surface area contributed by atoms with Crippen LogP contribution in [-0.4, -0.2) is 38.9 Å². The second kappa shape index (κ2) is 7.03. The Morgan fingerprint density at radius 1 is 1.43 bits per heavy atom. The molecule has 6 nitrogen and oxygen atoms in total. The number of rotatable bonds is 4. The maximum atomic E-state index is 12.5. The maximum absolute atomic E-state index is 12.5. The molecule has 21 heavy (non-hydrogen) atoms. The Morgan fingerprint density at radius 2 is 2.14 bits per heavy atom. The zero-order valence-electron chi connectivity index (χ0n) is 11.5. The number of amides is 1. The van der Waals surface area contributed by atoms with Gasteiger partial charge in [0.15, 0.2) is 0 Å². The first-order valence-electron chi connectivity index (χ1n) is 6.68. The maximum Gasteiger partial charge on any atom is 0.274 e. The molecule has 0 aromatic heterocycles. The van der Waals surface area contributed by atoms with Gasteiger partial charge in [-0.1, -0.05) is 12.1 Å². The van der Waals surface area contributed by atoms with E-state index in [0.717, 1.165) is 16.4 Å². The monoisotopic (exact) mass is 423 g/mol. The number of nitrogens with one attached hydrogen (secondary N) is 1. The molecule has 1 aliphatic rings. The summed E-state index contributed by atoms with van der Waals surface area (Å²) in [6.45, 7) is 1.52. The molecule has 0 radical (unpaired) electrons. The number of carbonyl (C=O) groups is 1. The lowest BCUT2D eigenvalue weighted by molar-refractivity contribution is 0.0675. The molecule has 1 saturated heterocycles. The highest BCUT2D eigenvalue weighted by Crippen LogP contribution is 2.20. The van der Waals surface area contributed by atoms with Gasteiger partial charge in [0.1, 0.15) is 0 Å². The molecule has 1 unspecified atom stereocenters. The second-order valence-corrected chi connectivity index (χ2v) is 7.67. The van der Waals surface area contributed by atoms with Gasteiger partial charge < -0.3 is 4.90 Å². The van der Waals surface area contributed by atoms with Crippen LogP contribution in [0.25, 0.3) is 0 Å². The fourth-order valence-electron chi connectivity index (χ4n) is 2.46. The molecule has 8 heteroatoms. The minimum atomic E-state index is -3.67. The van der Waals surface area contributed by atoms with E-state index in [-0.39, 0.29) is 18.4 Å². The van der Waals surface area contributed by atoms with Crippen molar-refractivity contribution >= 4 is 38.7 Å². The molecule has 1 heterocycles. The van der Waals surface area contributed by atoms with Crippen LogP contribution in [0.5, 0.6) is 0 Å². The van der Waals surface area contributed by atoms with Gasteiger partial charge in [0.05, 0.1) is 5.56 Å². The molecule has 1 atom stereocenters. The van der Waals surface area contributed by atoms with Gasteiger partial charge in [-0.25, -0.2) is 9.86 Å². The van der Waals surface area contributed by atoms with Crippen LogP contribution in [0, 0.1) is 9.49 Å². The molecule has 0 aliphatic carbocycles. The zero-order chi connectivity index (χ0) is 15.5. The summed E-state index contributed by atoms with van der Waals surface area (Å²) in [6, 6.07) is 7.46. The fraction of sp³-hybridized carbons (Fsp3) is 0.462. The Balaban J connectivity index is 2.01. The van der Waals surface area contributed by atoms with Gasteiger partial charge in [-0.2, -0.15) is 8.42 Å². The van der Waals surface area contributed by atoms with Crippen LogP contribution in [-0.2, 0) is 10.2 Å². The number of carbonyl (C=O) groups excluding carboxylic acids is 1. The van der Waals surface area contributed by atoms with Gasteiger partial charge in [-0.3, -0.25) is 4.79 Å². The third kappa shape index (κ3) is 4.90. The van der Waals surface area contributed by atoms with Crippen LogP contribution in [0.1, 0.15) is 23.2 Å². The van der Waals surface area contributed by atoms with Gasteiger partial charge in [0, 0.05) is 23.2 Å². The predicted molar refractivity (Wildman–Crippen MR) is 88.9 cm³/mol. The number of hydrogen-bond acceptors (Lipinski definition) is 3. The summed E-state index contributed by atoms with van der Waals surface area (Å²) in [5.41, 5.74) is 0.693. The van der Waals surface area contributed by atoms with Gasteiger partial charge in [-0.05, 0) is 53.5 Å². The largest absolute Gasteiger partial charge is 0.338 e. The SMILES string of the molecule is NS(=O)(=O)NCC1CCCN(C(=O)c2ccccc2I)C1. The highest BCUT2D eigenvalue weighted by Gasteiger charge is 2.25. The number of hydrogen-bond donors (Lipinski definition) is 2. The highest BCUT2D eigenvalue weighted by atomic mass is 127. The van der Waals surface area contributed by atoms with E-state index in [1.807, 2.05) is 24.3 Å². The molecule has 0 spiro atoms. The summed E-state index contributed by atoms with van der Waals surface area (Å²) in [5, 5.41) is 4.94. The molecule has 2 rings (SSSR count). The Bertz CT molecular complexity index is 621. The Hall–Kier alpha value is -0.710. The summed E-state index contributed by atoms with van der Waals surface area (Å²) in [6.07, 6.45) is 1.75. The van der Waals surface area contributed by atoms with Crippen LogP contribution in [0.15, 0.2) is 24.3 Å². The number of piperidine rings is 1. The van der Waals surface area contributed by atoms with E-state index in [2.05, 4.69) is 27.3 Å².